The summed E-state index contributed by atoms with van der Waals surface area (Å²) in [5.41, 5.74) is 0. The molecular weight excluding hydrogens is 372 g/mol. The molecule has 114 valence electrons. The van der Waals surface area contributed by atoms with E-state index in [9.17, 15) is 8.42 Å². The first-order chi connectivity index (χ1) is 9.91. The fourth-order valence-electron chi connectivity index (χ4n) is 2.18. The molecule has 0 spiro atoms. The quantitative estimate of drug-likeness (QED) is 0.783. The second-order valence-corrected chi connectivity index (χ2v) is 9.37. The van der Waals surface area contributed by atoms with Crippen LogP contribution in [-0.2, 0) is 10.2 Å². The van der Waals surface area contributed by atoms with Gasteiger partial charge in [0.05, 0.1) is 4.47 Å². The molecule has 1 saturated carbocycles. The predicted molar refractivity (Wildman–Crippen MR) is 92.2 cm³/mol. The van der Waals surface area contributed by atoms with Crippen LogP contribution in [0.1, 0.15) is 12.8 Å². The van der Waals surface area contributed by atoms with Crippen molar-refractivity contribution in [3.63, 3.8) is 0 Å². The van der Waals surface area contributed by atoms with Gasteiger partial charge in [0.15, 0.2) is 0 Å². The van der Waals surface area contributed by atoms with Crippen LogP contribution in [0.4, 0.5) is 5.00 Å². The summed E-state index contributed by atoms with van der Waals surface area (Å²) < 4.78 is 30.1. The van der Waals surface area contributed by atoms with Gasteiger partial charge in [-0.15, -0.1) is 11.3 Å². The van der Waals surface area contributed by atoms with E-state index < -0.39 is 10.2 Å². The monoisotopic (exact) mass is 388 g/mol. The topological polar surface area (TPSA) is 40.6 Å². The molecule has 0 aliphatic heterocycles. The Morgan fingerprint density at radius 1 is 1.29 bits per heavy atom. The molecule has 0 N–H and O–H groups in total. The van der Waals surface area contributed by atoms with Gasteiger partial charge in [0.2, 0.25) is 0 Å². The normalized spacial score (nSPS) is 15.8. The summed E-state index contributed by atoms with van der Waals surface area (Å²) in [6.07, 6.45) is 2.23. The highest BCUT2D eigenvalue weighted by atomic mass is 79.9. The van der Waals surface area contributed by atoms with Crippen LogP contribution in [0.25, 0.3) is 10.1 Å². The van der Waals surface area contributed by atoms with Gasteiger partial charge in [0.25, 0.3) is 0 Å². The molecule has 1 aromatic carbocycles. The van der Waals surface area contributed by atoms with E-state index in [1.807, 2.05) is 24.3 Å². The van der Waals surface area contributed by atoms with E-state index in [0.29, 0.717) is 12.5 Å². The number of benzene rings is 1. The van der Waals surface area contributed by atoms with Gasteiger partial charge in [-0.25, -0.2) is 4.31 Å². The molecule has 1 aliphatic rings. The molecule has 1 aliphatic carbocycles. The van der Waals surface area contributed by atoms with Crippen molar-refractivity contribution in [3.05, 3.63) is 28.7 Å². The van der Waals surface area contributed by atoms with E-state index in [4.69, 9.17) is 0 Å². The first-order valence-electron chi connectivity index (χ1n) is 6.78. The summed E-state index contributed by atoms with van der Waals surface area (Å²) in [6, 6.07) is 7.97. The van der Waals surface area contributed by atoms with E-state index in [1.54, 1.807) is 18.4 Å². The minimum atomic E-state index is -3.47. The highest BCUT2D eigenvalue weighted by Gasteiger charge is 2.34. The molecule has 2 aromatic rings. The van der Waals surface area contributed by atoms with Crippen LogP contribution in [0.5, 0.6) is 0 Å². The van der Waals surface area contributed by atoms with Crippen molar-refractivity contribution < 1.29 is 8.42 Å². The summed E-state index contributed by atoms with van der Waals surface area (Å²) in [5, 5.41) is 1.84. The lowest BCUT2D eigenvalue weighted by Crippen LogP contribution is -2.41. The van der Waals surface area contributed by atoms with E-state index in [-0.39, 0.29) is 0 Å². The van der Waals surface area contributed by atoms with Gasteiger partial charge < -0.3 is 0 Å². The van der Waals surface area contributed by atoms with Crippen LogP contribution in [0.3, 0.4) is 0 Å². The third-order valence-electron chi connectivity index (χ3n) is 3.61. The molecule has 1 aromatic heterocycles. The zero-order valence-corrected chi connectivity index (χ0v) is 15.1. The maximum absolute atomic E-state index is 12.7. The lowest BCUT2D eigenvalue weighted by atomic mass is 10.3. The molecule has 0 atom stereocenters. The Balaban J connectivity index is 2.11. The Hall–Kier alpha value is -0.630. The van der Waals surface area contributed by atoms with Crippen molar-refractivity contribution in [2.45, 2.75) is 12.8 Å². The summed E-state index contributed by atoms with van der Waals surface area (Å²) in [6.45, 7) is 0.561. The second kappa shape index (κ2) is 5.53. The molecular formula is C14H17BrN2O2S2. The van der Waals surface area contributed by atoms with Gasteiger partial charge in [0, 0.05) is 30.7 Å². The SMILES string of the molecule is CN(C)S(=O)(=O)N(CC1CC1)c1sc2ccccc2c1Br. The number of rotatable bonds is 5. The maximum atomic E-state index is 12.7. The fraction of sp³-hybridized carbons (Fsp3) is 0.429. The van der Waals surface area contributed by atoms with E-state index in [2.05, 4.69) is 15.9 Å². The van der Waals surface area contributed by atoms with Crippen molar-refractivity contribution in [2.75, 3.05) is 24.9 Å². The van der Waals surface area contributed by atoms with Gasteiger partial charge in [0.1, 0.15) is 5.00 Å². The van der Waals surface area contributed by atoms with Crippen LogP contribution in [0, 0.1) is 5.92 Å². The summed E-state index contributed by atoms with van der Waals surface area (Å²) >= 11 is 5.11. The number of anilines is 1. The van der Waals surface area contributed by atoms with Crippen molar-refractivity contribution in [1.29, 1.82) is 0 Å². The summed E-state index contributed by atoms with van der Waals surface area (Å²) in [4.78, 5) is 0. The van der Waals surface area contributed by atoms with Crippen LogP contribution in [0.15, 0.2) is 28.7 Å². The van der Waals surface area contributed by atoms with Crippen LogP contribution in [0.2, 0.25) is 0 Å². The average molecular weight is 389 g/mol. The molecule has 3 rings (SSSR count). The Morgan fingerprint density at radius 2 is 1.95 bits per heavy atom. The molecule has 1 heterocycles. The van der Waals surface area contributed by atoms with Gasteiger partial charge in [-0.2, -0.15) is 12.7 Å². The Labute approximate surface area is 137 Å². The minimum Gasteiger partial charge on any atom is -0.247 e. The second-order valence-electron chi connectivity index (χ2n) is 5.48. The van der Waals surface area contributed by atoms with E-state index >= 15 is 0 Å². The molecule has 21 heavy (non-hydrogen) atoms. The van der Waals surface area contributed by atoms with Crippen LogP contribution >= 0.6 is 27.3 Å². The van der Waals surface area contributed by atoms with Gasteiger partial charge >= 0.3 is 10.2 Å². The molecule has 0 radical (unpaired) electrons. The highest BCUT2D eigenvalue weighted by molar-refractivity contribution is 9.10. The van der Waals surface area contributed by atoms with Crippen molar-refractivity contribution in [2.24, 2.45) is 5.92 Å². The van der Waals surface area contributed by atoms with E-state index in [1.165, 1.54) is 15.6 Å². The molecule has 0 bridgehead atoms. The van der Waals surface area contributed by atoms with Crippen molar-refractivity contribution >= 4 is 52.6 Å². The predicted octanol–water partition coefficient (Wildman–Crippen LogP) is 3.69. The molecule has 0 saturated heterocycles. The van der Waals surface area contributed by atoms with Gasteiger partial charge in [-0.1, -0.05) is 18.2 Å². The lowest BCUT2D eigenvalue weighted by Gasteiger charge is -2.26. The summed E-state index contributed by atoms with van der Waals surface area (Å²) in [7, 11) is -0.311. The third kappa shape index (κ3) is 2.84. The standard InChI is InChI=1S/C14H17BrN2O2S2/c1-16(2)21(18,19)17(9-10-7-8-10)14-13(15)11-5-3-4-6-12(11)20-14/h3-6,10H,7-9H2,1-2H3. The number of halogens is 1. The van der Waals surface area contributed by atoms with Crippen molar-refractivity contribution in [1.82, 2.24) is 4.31 Å². The Morgan fingerprint density at radius 3 is 2.52 bits per heavy atom. The smallest absolute Gasteiger partial charge is 0.247 e. The molecule has 0 unspecified atom stereocenters. The number of nitrogens with zero attached hydrogens (tertiary/aromatic N) is 2. The van der Waals surface area contributed by atoms with Gasteiger partial charge in [-0.05, 0) is 40.8 Å². The van der Waals surface area contributed by atoms with Crippen molar-refractivity contribution in [3.8, 4) is 0 Å². The fourth-order valence-corrected chi connectivity index (χ4v) is 5.73. The number of hydrogen-bond donors (Lipinski definition) is 0. The highest BCUT2D eigenvalue weighted by Crippen LogP contribution is 2.44. The first-order valence-corrected chi connectivity index (χ1v) is 9.79. The zero-order chi connectivity index (χ0) is 15.2. The Kier molecular flexibility index (Phi) is 4.02. The minimum absolute atomic E-state index is 0.483. The third-order valence-corrected chi connectivity index (χ3v) is 7.79. The van der Waals surface area contributed by atoms with Gasteiger partial charge in [-0.3, -0.25) is 0 Å². The van der Waals surface area contributed by atoms with E-state index in [0.717, 1.165) is 32.4 Å². The molecule has 4 nitrogen and oxygen atoms in total. The number of fused-ring (bicyclic) bond motifs is 1. The zero-order valence-electron chi connectivity index (χ0n) is 11.9. The van der Waals surface area contributed by atoms with Crippen LogP contribution in [-0.4, -0.2) is 33.4 Å². The summed E-state index contributed by atoms with van der Waals surface area (Å²) in [5.74, 6) is 0.483. The number of thiophene rings is 1. The molecule has 0 amide bonds. The lowest BCUT2D eigenvalue weighted by molar-refractivity contribution is 0.514. The first kappa shape index (κ1) is 15.3. The number of hydrogen-bond acceptors (Lipinski definition) is 3. The van der Waals surface area contributed by atoms with Crippen LogP contribution < -0.4 is 4.31 Å². The largest absolute Gasteiger partial charge is 0.304 e. The molecule has 7 heteroatoms. The average Bonchev–Trinajstić information content (AvgIpc) is 3.21. The Bertz CT molecular complexity index is 766. The maximum Gasteiger partial charge on any atom is 0.304 e. The molecule has 1 fully saturated rings.